The Bertz CT molecular complexity index is 1210. The Morgan fingerprint density at radius 2 is 1.49 bits per heavy atom. The third kappa shape index (κ3) is 9.11. The molecule has 10 heteroatoms. The molecule has 0 N–H and O–H groups in total. The molecule has 2 aliphatic heterocycles. The van der Waals surface area contributed by atoms with Gasteiger partial charge in [0.15, 0.2) is 0 Å². The van der Waals surface area contributed by atoms with Crippen LogP contribution in [-0.4, -0.2) is 77.4 Å². The van der Waals surface area contributed by atoms with Gasteiger partial charge in [0.1, 0.15) is 11.4 Å². The lowest BCUT2D eigenvalue weighted by atomic mass is 9.90. The molecule has 2 aromatic rings. The lowest BCUT2D eigenvalue weighted by Crippen LogP contribution is -2.58. The third-order valence-corrected chi connectivity index (χ3v) is 8.18. The quantitative estimate of drug-likeness (QED) is 0.345. The number of halogens is 3. The molecular weight excluding hydrogens is 559 g/mol. The Morgan fingerprint density at radius 1 is 0.884 bits per heavy atom. The Labute approximate surface area is 252 Å². The van der Waals surface area contributed by atoms with Gasteiger partial charge in [-0.05, 0) is 68.7 Å². The van der Waals surface area contributed by atoms with Crippen molar-refractivity contribution in [2.45, 2.75) is 77.9 Å². The minimum absolute atomic E-state index is 0.0119. The molecule has 0 aromatic heterocycles. The van der Waals surface area contributed by atoms with Crippen molar-refractivity contribution in [2.75, 3.05) is 32.7 Å². The Morgan fingerprint density at radius 3 is 2.05 bits per heavy atom. The number of alkyl halides is 3. The number of hydrogen-bond donors (Lipinski definition) is 0. The number of likely N-dealkylation sites (tertiary alicyclic amines) is 1. The summed E-state index contributed by atoms with van der Waals surface area (Å²) in [6, 6.07) is 15.8. The van der Waals surface area contributed by atoms with E-state index < -0.39 is 12.0 Å². The number of piperidine rings is 1. The monoisotopic (exact) mass is 603 g/mol. The molecule has 2 amide bonds. The van der Waals surface area contributed by atoms with Crippen molar-refractivity contribution in [1.82, 2.24) is 14.7 Å². The molecular formula is C33H44F3N3O4. The van der Waals surface area contributed by atoms with E-state index in [1.807, 2.05) is 56.0 Å². The molecule has 2 atom stereocenters. The molecule has 0 aliphatic carbocycles. The van der Waals surface area contributed by atoms with Gasteiger partial charge in [0.05, 0.1) is 6.04 Å². The zero-order valence-corrected chi connectivity index (χ0v) is 25.8. The number of ether oxygens (including phenoxy) is 2. The molecule has 2 aliphatic rings. The molecule has 2 heterocycles. The average molecular weight is 604 g/mol. The molecule has 43 heavy (non-hydrogen) atoms. The second-order valence-electron chi connectivity index (χ2n) is 12.9. The van der Waals surface area contributed by atoms with Gasteiger partial charge < -0.3 is 19.3 Å². The number of nitrogens with zero attached hydrogens (tertiary/aromatic N) is 3. The van der Waals surface area contributed by atoms with Gasteiger partial charge in [-0.1, -0.05) is 56.3 Å². The molecule has 236 valence electrons. The largest absolute Gasteiger partial charge is 0.573 e. The summed E-state index contributed by atoms with van der Waals surface area (Å²) in [5.41, 5.74) is 1.35. The van der Waals surface area contributed by atoms with Crippen LogP contribution in [0.2, 0.25) is 0 Å². The molecule has 1 unspecified atom stereocenters. The molecule has 0 bridgehead atoms. The summed E-state index contributed by atoms with van der Waals surface area (Å²) in [6.45, 7) is 12.8. The maximum atomic E-state index is 13.6. The molecule has 0 radical (unpaired) electrons. The van der Waals surface area contributed by atoms with Crippen molar-refractivity contribution in [3.8, 4) is 5.75 Å². The summed E-state index contributed by atoms with van der Waals surface area (Å²) in [4.78, 5) is 32.2. The Balaban J connectivity index is 1.43. The second kappa shape index (κ2) is 13.6. The highest BCUT2D eigenvalue weighted by Gasteiger charge is 2.37. The number of benzene rings is 2. The van der Waals surface area contributed by atoms with Crippen LogP contribution in [0.1, 0.15) is 71.0 Å². The van der Waals surface area contributed by atoms with E-state index in [0.717, 1.165) is 24.0 Å². The summed E-state index contributed by atoms with van der Waals surface area (Å²) >= 11 is 0. The fourth-order valence-electron chi connectivity index (χ4n) is 6.06. The van der Waals surface area contributed by atoms with Gasteiger partial charge in [0.2, 0.25) is 5.91 Å². The highest BCUT2D eigenvalue weighted by atomic mass is 19.4. The van der Waals surface area contributed by atoms with Crippen LogP contribution in [0.5, 0.6) is 5.75 Å². The standard InChI is InChI=1S/C33H44F3N3O4/c1-23(2)28-22-38(30(25-9-7-6-8-10-25)26-11-13-27(14-12-26)42-33(34,35)36)19-20-39(28)29(40)21-24-15-17-37(18-16-24)31(41)43-32(3,4)5/h6-14,23-24,28,30H,15-22H2,1-5H3/t28-,30?/m1/s1. The number of carbonyl (C=O) groups excluding carboxylic acids is 2. The van der Waals surface area contributed by atoms with Crippen LogP contribution < -0.4 is 4.74 Å². The van der Waals surface area contributed by atoms with E-state index >= 15 is 0 Å². The van der Waals surface area contributed by atoms with E-state index in [0.29, 0.717) is 39.1 Å². The minimum atomic E-state index is -4.75. The van der Waals surface area contributed by atoms with Crippen molar-refractivity contribution >= 4 is 12.0 Å². The lowest BCUT2D eigenvalue weighted by molar-refractivity contribution is -0.274. The number of piperazine rings is 1. The zero-order chi connectivity index (χ0) is 31.4. The molecule has 7 nitrogen and oxygen atoms in total. The highest BCUT2D eigenvalue weighted by Crippen LogP contribution is 2.34. The molecule has 4 rings (SSSR count). The zero-order valence-electron chi connectivity index (χ0n) is 25.8. The Kier molecular flexibility index (Phi) is 10.3. The molecule has 2 fully saturated rings. The number of amides is 2. The van der Waals surface area contributed by atoms with E-state index in [1.165, 1.54) is 12.1 Å². The SMILES string of the molecule is CC(C)[C@H]1CN(C(c2ccccc2)c2ccc(OC(F)(F)F)cc2)CCN1C(=O)CC1CCN(C(=O)OC(C)(C)C)CC1. The predicted molar refractivity (Wildman–Crippen MR) is 158 cm³/mol. The summed E-state index contributed by atoms with van der Waals surface area (Å²) in [5.74, 6) is 0.306. The first kappa shape index (κ1) is 32.6. The first-order valence-electron chi connectivity index (χ1n) is 15.1. The van der Waals surface area contributed by atoms with E-state index in [-0.39, 0.29) is 41.7 Å². The van der Waals surface area contributed by atoms with E-state index in [4.69, 9.17) is 4.74 Å². The normalized spacial score (nSPS) is 19.8. The summed E-state index contributed by atoms with van der Waals surface area (Å²) in [6.07, 6.45) is -3.07. The van der Waals surface area contributed by atoms with Crippen molar-refractivity contribution in [2.24, 2.45) is 11.8 Å². The first-order valence-corrected chi connectivity index (χ1v) is 15.1. The van der Waals surface area contributed by atoms with Gasteiger partial charge in [-0.2, -0.15) is 0 Å². The fraction of sp³-hybridized carbons (Fsp3) is 0.576. The molecule has 2 aromatic carbocycles. The first-order chi connectivity index (χ1) is 20.2. The fourth-order valence-corrected chi connectivity index (χ4v) is 6.06. The van der Waals surface area contributed by atoms with Gasteiger partial charge in [-0.3, -0.25) is 9.69 Å². The molecule has 0 spiro atoms. The highest BCUT2D eigenvalue weighted by molar-refractivity contribution is 5.77. The lowest BCUT2D eigenvalue weighted by Gasteiger charge is -2.47. The average Bonchev–Trinajstić information content (AvgIpc) is 2.93. The van der Waals surface area contributed by atoms with Crippen molar-refractivity contribution in [3.63, 3.8) is 0 Å². The van der Waals surface area contributed by atoms with Crippen molar-refractivity contribution in [1.29, 1.82) is 0 Å². The molecule has 2 saturated heterocycles. The van der Waals surface area contributed by atoms with E-state index in [9.17, 15) is 22.8 Å². The minimum Gasteiger partial charge on any atom is -0.444 e. The maximum Gasteiger partial charge on any atom is 0.573 e. The topological polar surface area (TPSA) is 62.3 Å². The van der Waals surface area contributed by atoms with E-state index in [2.05, 4.69) is 23.5 Å². The van der Waals surface area contributed by atoms with Gasteiger partial charge in [0, 0.05) is 45.2 Å². The van der Waals surface area contributed by atoms with Crippen LogP contribution in [0, 0.1) is 11.8 Å². The predicted octanol–water partition coefficient (Wildman–Crippen LogP) is 6.88. The van der Waals surface area contributed by atoms with Gasteiger partial charge in [0.25, 0.3) is 0 Å². The van der Waals surface area contributed by atoms with Gasteiger partial charge in [-0.15, -0.1) is 13.2 Å². The van der Waals surface area contributed by atoms with Crippen LogP contribution in [0.4, 0.5) is 18.0 Å². The van der Waals surface area contributed by atoms with E-state index in [1.54, 1.807) is 17.0 Å². The molecule has 0 saturated carbocycles. The summed E-state index contributed by atoms with van der Waals surface area (Å²) < 4.78 is 47.8. The number of rotatable bonds is 7. The van der Waals surface area contributed by atoms with Gasteiger partial charge >= 0.3 is 12.5 Å². The van der Waals surface area contributed by atoms with Crippen molar-refractivity contribution < 1.29 is 32.2 Å². The summed E-state index contributed by atoms with van der Waals surface area (Å²) in [5, 5.41) is 0. The van der Waals surface area contributed by atoms with Crippen LogP contribution >= 0.6 is 0 Å². The van der Waals surface area contributed by atoms with Crippen LogP contribution in [0.3, 0.4) is 0 Å². The maximum absolute atomic E-state index is 13.6. The second-order valence-corrected chi connectivity index (χ2v) is 12.9. The summed E-state index contributed by atoms with van der Waals surface area (Å²) in [7, 11) is 0. The van der Waals surface area contributed by atoms with Crippen LogP contribution in [0.15, 0.2) is 54.6 Å². The smallest absolute Gasteiger partial charge is 0.444 e. The van der Waals surface area contributed by atoms with Crippen LogP contribution in [-0.2, 0) is 9.53 Å². The number of carbonyl (C=O) groups is 2. The number of hydrogen-bond acceptors (Lipinski definition) is 5. The van der Waals surface area contributed by atoms with Crippen molar-refractivity contribution in [3.05, 3.63) is 65.7 Å². The third-order valence-electron chi connectivity index (χ3n) is 8.18. The van der Waals surface area contributed by atoms with Gasteiger partial charge in [-0.25, -0.2) is 4.79 Å². The Hall–Kier alpha value is -3.27. The van der Waals surface area contributed by atoms with Crippen LogP contribution in [0.25, 0.3) is 0 Å².